The first-order valence-corrected chi connectivity index (χ1v) is 20.4. The lowest BCUT2D eigenvalue weighted by atomic mass is 9.85. The Morgan fingerprint density at radius 2 is 1.67 bits per heavy atom. The van der Waals surface area contributed by atoms with Gasteiger partial charge in [0.2, 0.25) is 0 Å². The molecule has 7 aliphatic rings. The highest BCUT2D eigenvalue weighted by Gasteiger charge is 2.42. The minimum Gasteiger partial charge on any atom is -0.341 e. The fraction of sp³-hybridized carbons (Fsp3) is 0.271. The van der Waals surface area contributed by atoms with E-state index in [9.17, 15) is 0 Å². The Hall–Kier alpha value is -4.42. The second kappa shape index (κ2) is 14.5. The number of allylic oxidation sites excluding steroid dienone is 17. The summed E-state index contributed by atoms with van der Waals surface area (Å²) in [6.07, 6.45) is 47.6. The van der Waals surface area contributed by atoms with E-state index in [0.717, 1.165) is 68.3 Å². The summed E-state index contributed by atoms with van der Waals surface area (Å²) in [7, 11) is 0. The van der Waals surface area contributed by atoms with Gasteiger partial charge in [-0.3, -0.25) is 4.98 Å². The molecule has 5 aliphatic carbocycles. The highest BCUT2D eigenvalue weighted by molar-refractivity contribution is 14.1. The molecule has 52 heavy (non-hydrogen) atoms. The zero-order valence-corrected chi connectivity index (χ0v) is 31.9. The summed E-state index contributed by atoms with van der Waals surface area (Å²) in [5.41, 5.74) is 14.3. The third kappa shape index (κ3) is 6.23. The molecule has 3 nitrogen and oxygen atoms in total. The molecule has 4 heteroatoms. The Kier molecular flexibility index (Phi) is 9.34. The minimum atomic E-state index is 0.315. The number of hydrogen-bond acceptors (Lipinski definition) is 3. The van der Waals surface area contributed by atoms with Crippen molar-refractivity contribution in [2.45, 2.75) is 67.4 Å². The van der Waals surface area contributed by atoms with Crippen LogP contribution in [0.1, 0.15) is 56.2 Å². The average Bonchev–Trinajstić information content (AvgIpc) is 3.71. The lowest BCUT2D eigenvalue weighted by Crippen LogP contribution is -2.36. The highest BCUT2D eigenvalue weighted by atomic mass is 127. The molecule has 0 N–H and O–H groups in total. The Labute approximate surface area is 323 Å². The van der Waals surface area contributed by atoms with Crippen LogP contribution in [0.5, 0.6) is 0 Å². The third-order valence-corrected chi connectivity index (χ3v) is 12.6. The Morgan fingerprint density at radius 1 is 0.846 bits per heavy atom. The predicted molar refractivity (Wildman–Crippen MR) is 227 cm³/mol. The third-order valence-electron chi connectivity index (χ3n) is 11.6. The summed E-state index contributed by atoms with van der Waals surface area (Å²) in [5, 5.41) is 0. The first-order chi connectivity index (χ1) is 25.7. The number of rotatable bonds is 8. The minimum absolute atomic E-state index is 0.315. The van der Waals surface area contributed by atoms with Gasteiger partial charge < -0.3 is 9.80 Å². The Morgan fingerprint density at radius 3 is 2.52 bits per heavy atom. The molecule has 0 fully saturated rings. The molecule has 260 valence electrons. The lowest BCUT2D eigenvalue weighted by Gasteiger charge is -2.35. The molecule has 0 spiro atoms. The Balaban J connectivity index is 1.10. The van der Waals surface area contributed by atoms with Gasteiger partial charge in [-0.1, -0.05) is 139 Å². The van der Waals surface area contributed by atoms with Crippen molar-refractivity contribution in [1.29, 1.82) is 0 Å². The van der Waals surface area contributed by atoms with Crippen molar-refractivity contribution < 1.29 is 0 Å². The van der Waals surface area contributed by atoms with Crippen molar-refractivity contribution in [2.75, 3.05) is 4.90 Å². The van der Waals surface area contributed by atoms with Crippen molar-refractivity contribution >= 4 is 33.9 Å². The Bertz CT molecular complexity index is 2130. The molecule has 5 atom stereocenters. The van der Waals surface area contributed by atoms with Gasteiger partial charge in [-0.15, -0.1) is 0 Å². The SMILES string of the molecule is C=C/C=C\C(=C/Cc1cc(C2=CCCC=C2)cc(-c2cccc(N3C4=C(C=CCC4)C4C=CC=CC43)c2)n1)N1C2=C(C=CCC2)C2C=CC(I)CC21. The molecule has 0 bridgehead atoms. The van der Waals surface area contributed by atoms with Gasteiger partial charge in [0, 0.05) is 62.3 Å². The van der Waals surface area contributed by atoms with Crippen molar-refractivity contribution in [3.05, 3.63) is 186 Å². The van der Waals surface area contributed by atoms with Crippen LogP contribution in [-0.2, 0) is 6.42 Å². The summed E-state index contributed by atoms with van der Waals surface area (Å²) in [5.74, 6) is 0.857. The van der Waals surface area contributed by atoms with E-state index in [0.29, 0.717) is 27.8 Å². The molecule has 2 aliphatic heterocycles. The summed E-state index contributed by atoms with van der Waals surface area (Å²) < 4.78 is 0.541. The number of pyridine rings is 1. The van der Waals surface area contributed by atoms with Gasteiger partial charge in [0.25, 0.3) is 0 Å². The lowest BCUT2D eigenvalue weighted by molar-refractivity contribution is 0.295. The van der Waals surface area contributed by atoms with E-state index in [2.05, 4.69) is 173 Å². The van der Waals surface area contributed by atoms with Crippen LogP contribution >= 0.6 is 22.6 Å². The van der Waals surface area contributed by atoms with Crippen LogP contribution in [0.15, 0.2) is 175 Å². The second-order valence-electron chi connectivity index (χ2n) is 14.8. The average molecular weight is 792 g/mol. The molecule has 0 amide bonds. The van der Waals surface area contributed by atoms with Crippen molar-refractivity contribution in [1.82, 2.24) is 9.88 Å². The summed E-state index contributed by atoms with van der Waals surface area (Å²) in [4.78, 5) is 10.7. The second-order valence-corrected chi connectivity index (χ2v) is 16.4. The number of fused-ring (bicyclic) bond motifs is 4. The van der Waals surface area contributed by atoms with Crippen LogP contribution in [0.3, 0.4) is 0 Å². The molecule has 1 aromatic heterocycles. The van der Waals surface area contributed by atoms with Gasteiger partial charge in [-0.25, -0.2) is 0 Å². The van der Waals surface area contributed by atoms with E-state index < -0.39 is 0 Å². The predicted octanol–water partition coefficient (Wildman–Crippen LogP) is 11.9. The van der Waals surface area contributed by atoms with E-state index >= 15 is 0 Å². The standard InChI is InChI=1S/C48H46IN3/c1-2-3-17-38(51-45-22-10-9-21-42(45)43-28-25-36(49)32-48(43)51)27-26-37-29-35(33-14-5-4-6-15-33)31-44(50-37)34-16-13-18-39(30-34)52-46-23-11-7-19-40(46)41-20-8-12-24-47(41)52/h2-3,5,7-9,11,13-21,23,25,27-31,36,40,43,46,48H,1,4,6,10,12,22,24,26,32H2/b17-3-,38-27+. The van der Waals surface area contributed by atoms with Gasteiger partial charge >= 0.3 is 0 Å². The number of aromatic nitrogens is 1. The van der Waals surface area contributed by atoms with E-state index in [-0.39, 0.29) is 0 Å². The smallest absolute Gasteiger partial charge is 0.0712 e. The normalized spacial score (nSPS) is 27.4. The van der Waals surface area contributed by atoms with E-state index in [1.807, 2.05) is 6.08 Å². The number of alkyl halides is 1. The van der Waals surface area contributed by atoms with Gasteiger partial charge in [-0.2, -0.15) is 0 Å². The first kappa shape index (κ1) is 33.4. The van der Waals surface area contributed by atoms with Crippen LogP contribution in [0.4, 0.5) is 5.69 Å². The van der Waals surface area contributed by atoms with Crippen LogP contribution in [0.25, 0.3) is 16.8 Å². The fourth-order valence-electron chi connectivity index (χ4n) is 9.33. The number of benzene rings is 1. The van der Waals surface area contributed by atoms with Crippen molar-refractivity contribution in [3.8, 4) is 11.3 Å². The van der Waals surface area contributed by atoms with Crippen LogP contribution < -0.4 is 4.90 Å². The monoisotopic (exact) mass is 791 g/mol. The molecular formula is C48H46IN3. The maximum absolute atomic E-state index is 5.42. The molecule has 9 rings (SSSR count). The topological polar surface area (TPSA) is 19.4 Å². The van der Waals surface area contributed by atoms with Gasteiger partial charge in [0.15, 0.2) is 0 Å². The summed E-state index contributed by atoms with van der Waals surface area (Å²) >= 11 is 2.61. The van der Waals surface area contributed by atoms with E-state index in [1.54, 1.807) is 0 Å². The molecule has 3 heterocycles. The maximum Gasteiger partial charge on any atom is 0.0712 e. The molecule has 5 unspecified atom stereocenters. The summed E-state index contributed by atoms with van der Waals surface area (Å²) in [6, 6.07) is 14.5. The number of anilines is 1. The largest absolute Gasteiger partial charge is 0.341 e. The molecule has 0 radical (unpaired) electrons. The quantitative estimate of drug-likeness (QED) is 0.115. The molecule has 0 saturated heterocycles. The van der Waals surface area contributed by atoms with Gasteiger partial charge in [0.05, 0.1) is 11.7 Å². The van der Waals surface area contributed by atoms with Gasteiger partial charge in [-0.05, 0) is 97.6 Å². The summed E-state index contributed by atoms with van der Waals surface area (Å²) in [6.45, 7) is 4.03. The molecule has 0 saturated carbocycles. The maximum atomic E-state index is 5.42. The van der Waals surface area contributed by atoms with E-state index in [4.69, 9.17) is 4.98 Å². The highest BCUT2D eigenvalue weighted by Crippen LogP contribution is 2.48. The fourth-order valence-corrected chi connectivity index (χ4v) is 10.1. The van der Waals surface area contributed by atoms with Crippen LogP contribution in [0, 0.1) is 11.8 Å². The van der Waals surface area contributed by atoms with Crippen LogP contribution in [0.2, 0.25) is 0 Å². The van der Waals surface area contributed by atoms with Crippen LogP contribution in [-0.4, -0.2) is 25.9 Å². The first-order valence-electron chi connectivity index (χ1n) is 19.2. The van der Waals surface area contributed by atoms with Crippen molar-refractivity contribution in [3.63, 3.8) is 0 Å². The van der Waals surface area contributed by atoms with Crippen molar-refractivity contribution in [2.24, 2.45) is 11.8 Å². The number of halogens is 1. The zero-order chi connectivity index (χ0) is 35.0. The number of nitrogens with zero attached hydrogens (tertiary/aromatic N) is 3. The number of hydrogen-bond donors (Lipinski definition) is 0. The molecule has 1 aromatic carbocycles. The van der Waals surface area contributed by atoms with E-state index in [1.165, 1.54) is 45.1 Å². The zero-order valence-electron chi connectivity index (χ0n) is 29.7. The molecular weight excluding hydrogens is 745 g/mol. The van der Waals surface area contributed by atoms with Gasteiger partial charge in [0.1, 0.15) is 0 Å². The molecule has 2 aromatic rings.